The van der Waals surface area contributed by atoms with Crippen LogP contribution in [0.3, 0.4) is 0 Å². The van der Waals surface area contributed by atoms with E-state index < -0.39 is 23.4 Å². The quantitative estimate of drug-likeness (QED) is 0.580. The number of halogens is 2. The van der Waals surface area contributed by atoms with Gasteiger partial charge in [-0.05, 0) is 24.3 Å². The second-order valence-electron chi connectivity index (χ2n) is 5.35. The molecule has 2 amide bonds. The second kappa shape index (κ2) is 9.04. The molecule has 2 N–H and O–H groups in total. The minimum absolute atomic E-state index is 0.0452. The van der Waals surface area contributed by atoms with E-state index in [0.717, 1.165) is 23.9 Å². The van der Waals surface area contributed by atoms with Crippen LogP contribution in [-0.4, -0.2) is 39.3 Å². The van der Waals surface area contributed by atoms with E-state index >= 15 is 0 Å². The SMILES string of the molecule is O=C(CSc1nnc(-c2ccncc2)o1)NCC(=O)Nc1ccc(F)c(F)c1. The van der Waals surface area contributed by atoms with E-state index in [1.807, 2.05) is 0 Å². The van der Waals surface area contributed by atoms with E-state index in [0.29, 0.717) is 11.5 Å². The van der Waals surface area contributed by atoms with E-state index in [9.17, 15) is 18.4 Å². The highest BCUT2D eigenvalue weighted by Crippen LogP contribution is 2.22. The van der Waals surface area contributed by atoms with E-state index in [-0.39, 0.29) is 23.2 Å². The van der Waals surface area contributed by atoms with Crippen LogP contribution in [0.5, 0.6) is 0 Å². The van der Waals surface area contributed by atoms with Crippen LogP contribution in [0.1, 0.15) is 0 Å². The number of carbonyl (C=O) groups excluding carboxylic acids is 2. The van der Waals surface area contributed by atoms with Crippen molar-refractivity contribution < 1.29 is 22.8 Å². The number of pyridine rings is 1. The molecule has 0 saturated carbocycles. The zero-order valence-corrected chi connectivity index (χ0v) is 15.0. The van der Waals surface area contributed by atoms with Crippen molar-refractivity contribution in [3.63, 3.8) is 0 Å². The van der Waals surface area contributed by atoms with E-state index in [4.69, 9.17) is 4.42 Å². The summed E-state index contributed by atoms with van der Waals surface area (Å²) in [6.45, 7) is -0.329. The smallest absolute Gasteiger partial charge is 0.277 e. The van der Waals surface area contributed by atoms with Gasteiger partial charge in [-0.2, -0.15) is 0 Å². The van der Waals surface area contributed by atoms with Crippen LogP contribution >= 0.6 is 11.8 Å². The van der Waals surface area contributed by atoms with Crippen LogP contribution in [-0.2, 0) is 9.59 Å². The second-order valence-corrected chi connectivity index (χ2v) is 6.28. The average molecular weight is 405 g/mol. The highest BCUT2D eigenvalue weighted by atomic mass is 32.2. The minimum atomic E-state index is -1.08. The van der Waals surface area contributed by atoms with Crippen molar-refractivity contribution in [1.29, 1.82) is 0 Å². The molecule has 2 aromatic heterocycles. The lowest BCUT2D eigenvalue weighted by atomic mass is 10.3. The Balaban J connectivity index is 1.42. The number of amides is 2. The molecule has 0 radical (unpaired) electrons. The molecule has 2 heterocycles. The van der Waals surface area contributed by atoms with E-state index in [2.05, 4.69) is 25.8 Å². The Labute approximate surface area is 161 Å². The summed E-state index contributed by atoms with van der Waals surface area (Å²) in [5.74, 6) is -2.86. The van der Waals surface area contributed by atoms with Crippen LogP contribution in [0.2, 0.25) is 0 Å². The molecule has 3 aromatic rings. The fourth-order valence-corrected chi connectivity index (χ4v) is 2.61. The molecule has 0 atom stereocenters. The van der Waals surface area contributed by atoms with Gasteiger partial charge in [-0.15, -0.1) is 10.2 Å². The number of thioether (sulfide) groups is 1. The lowest BCUT2D eigenvalue weighted by Crippen LogP contribution is -2.33. The molecule has 1 aromatic carbocycles. The summed E-state index contributed by atoms with van der Waals surface area (Å²) in [5.41, 5.74) is 0.787. The molecule has 8 nitrogen and oxygen atoms in total. The molecule has 0 fully saturated rings. The summed E-state index contributed by atoms with van der Waals surface area (Å²) in [4.78, 5) is 27.5. The van der Waals surface area contributed by atoms with E-state index in [1.54, 1.807) is 24.5 Å². The molecule has 3 rings (SSSR count). The molecule has 28 heavy (non-hydrogen) atoms. The fraction of sp³-hybridized carbons (Fsp3) is 0.118. The van der Waals surface area contributed by atoms with Crippen LogP contribution in [0.25, 0.3) is 11.5 Å². The van der Waals surface area contributed by atoms with Gasteiger partial charge in [-0.1, -0.05) is 11.8 Å². The molecule has 11 heteroatoms. The van der Waals surface area contributed by atoms with Gasteiger partial charge in [0.1, 0.15) is 0 Å². The zero-order valence-electron chi connectivity index (χ0n) is 14.2. The van der Waals surface area contributed by atoms with Gasteiger partial charge >= 0.3 is 0 Å². The molecule has 0 saturated heterocycles. The number of anilines is 1. The van der Waals surface area contributed by atoms with Crippen molar-refractivity contribution in [1.82, 2.24) is 20.5 Å². The van der Waals surface area contributed by atoms with Gasteiger partial charge in [0.05, 0.1) is 12.3 Å². The Hall–Kier alpha value is -3.34. The number of carbonyl (C=O) groups is 2. The maximum atomic E-state index is 13.1. The van der Waals surface area contributed by atoms with E-state index in [1.165, 1.54) is 6.07 Å². The Bertz CT molecular complexity index is 984. The van der Waals surface area contributed by atoms with Crippen molar-refractivity contribution in [3.8, 4) is 11.5 Å². The predicted molar refractivity (Wildman–Crippen MR) is 96.3 cm³/mol. The maximum Gasteiger partial charge on any atom is 0.277 e. The molecule has 0 aliphatic carbocycles. The molecular weight excluding hydrogens is 392 g/mol. The van der Waals surface area contributed by atoms with Gasteiger partial charge in [-0.3, -0.25) is 14.6 Å². The number of nitrogens with zero attached hydrogens (tertiary/aromatic N) is 3. The first-order valence-electron chi connectivity index (χ1n) is 7.89. The lowest BCUT2D eigenvalue weighted by Gasteiger charge is -2.06. The predicted octanol–water partition coefficient (Wildman–Crippen LogP) is 2.26. The Morgan fingerprint density at radius 1 is 1.04 bits per heavy atom. The first-order chi connectivity index (χ1) is 13.5. The fourth-order valence-electron chi connectivity index (χ4n) is 2.02. The van der Waals surface area contributed by atoms with Gasteiger partial charge in [0, 0.05) is 29.7 Å². The zero-order chi connectivity index (χ0) is 19.9. The Morgan fingerprint density at radius 3 is 2.57 bits per heavy atom. The van der Waals surface area contributed by atoms with Crippen LogP contribution in [0, 0.1) is 11.6 Å². The molecule has 0 unspecified atom stereocenters. The van der Waals surface area contributed by atoms with Crippen molar-refractivity contribution in [2.45, 2.75) is 5.22 Å². The van der Waals surface area contributed by atoms with Crippen molar-refractivity contribution >= 4 is 29.3 Å². The highest BCUT2D eigenvalue weighted by Gasteiger charge is 2.12. The lowest BCUT2D eigenvalue weighted by molar-refractivity contribution is -0.122. The number of nitrogens with one attached hydrogen (secondary N) is 2. The maximum absolute atomic E-state index is 13.1. The molecular formula is C17H13F2N5O3S. The summed E-state index contributed by atoms with van der Waals surface area (Å²) < 4.78 is 31.4. The molecule has 0 aliphatic heterocycles. The standard InChI is InChI=1S/C17H13F2N5O3S/c18-12-2-1-11(7-13(12)19)22-14(25)8-21-15(26)9-28-17-24-23-16(27-17)10-3-5-20-6-4-10/h1-7H,8-9H2,(H,21,26)(H,22,25). The first kappa shape index (κ1) is 19.4. The highest BCUT2D eigenvalue weighted by molar-refractivity contribution is 7.99. The van der Waals surface area contributed by atoms with Crippen LogP contribution in [0.15, 0.2) is 52.4 Å². The molecule has 0 spiro atoms. The number of benzene rings is 1. The molecule has 0 bridgehead atoms. The minimum Gasteiger partial charge on any atom is -0.411 e. The third kappa shape index (κ3) is 5.33. The number of hydrogen-bond acceptors (Lipinski definition) is 7. The van der Waals surface area contributed by atoms with Gasteiger partial charge in [0.15, 0.2) is 11.6 Å². The van der Waals surface area contributed by atoms with Gasteiger partial charge in [0.25, 0.3) is 5.22 Å². The third-order valence-electron chi connectivity index (χ3n) is 3.31. The summed E-state index contributed by atoms with van der Waals surface area (Å²) in [6, 6.07) is 6.37. The average Bonchev–Trinajstić information content (AvgIpc) is 3.17. The summed E-state index contributed by atoms with van der Waals surface area (Å²) in [7, 11) is 0. The van der Waals surface area contributed by atoms with Gasteiger partial charge < -0.3 is 15.1 Å². The topological polar surface area (TPSA) is 110 Å². The van der Waals surface area contributed by atoms with Crippen LogP contribution in [0.4, 0.5) is 14.5 Å². The third-order valence-corrected chi connectivity index (χ3v) is 4.13. The first-order valence-corrected chi connectivity index (χ1v) is 8.88. The van der Waals surface area contributed by atoms with Gasteiger partial charge in [-0.25, -0.2) is 8.78 Å². The van der Waals surface area contributed by atoms with Crippen molar-refractivity contribution in [2.75, 3.05) is 17.6 Å². The monoisotopic (exact) mass is 405 g/mol. The van der Waals surface area contributed by atoms with Crippen molar-refractivity contribution in [3.05, 3.63) is 54.4 Å². The van der Waals surface area contributed by atoms with Crippen LogP contribution < -0.4 is 10.6 Å². The van der Waals surface area contributed by atoms with Gasteiger partial charge in [0.2, 0.25) is 17.7 Å². The number of hydrogen-bond donors (Lipinski definition) is 2. The summed E-state index contributed by atoms with van der Waals surface area (Å²) in [5, 5.41) is 12.7. The molecule has 0 aliphatic rings. The largest absolute Gasteiger partial charge is 0.411 e. The Kier molecular flexibility index (Phi) is 6.27. The normalized spacial score (nSPS) is 10.5. The number of aromatic nitrogens is 3. The summed E-state index contributed by atoms with van der Waals surface area (Å²) >= 11 is 1.01. The van der Waals surface area contributed by atoms with Crippen molar-refractivity contribution in [2.24, 2.45) is 0 Å². The summed E-state index contributed by atoms with van der Waals surface area (Å²) in [6.07, 6.45) is 3.18. The number of rotatable bonds is 7. The molecule has 144 valence electrons. The Morgan fingerprint density at radius 2 is 1.82 bits per heavy atom.